The number of nitrogens with zero attached hydrogens (tertiary/aromatic N) is 1. The Morgan fingerprint density at radius 3 is 2.63 bits per heavy atom. The molecule has 0 fully saturated rings. The molecule has 0 bridgehead atoms. The van der Waals surface area contributed by atoms with Crippen molar-refractivity contribution in [2.24, 2.45) is 16.8 Å². The van der Waals surface area contributed by atoms with Crippen LogP contribution in [0.1, 0.15) is 29.8 Å². The minimum atomic E-state index is -4.53. The van der Waals surface area contributed by atoms with Crippen molar-refractivity contribution in [1.82, 2.24) is 5.32 Å². The molecule has 0 saturated heterocycles. The number of aliphatic imine (C=N–C) groups is 1. The van der Waals surface area contributed by atoms with Crippen molar-refractivity contribution >= 4 is 17.5 Å². The van der Waals surface area contributed by atoms with Crippen LogP contribution in [0.5, 0.6) is 0 Å². The summed E-state index contributed by atoms with van der Waals surface area (Å²) in [5.41, 5.74) is 0.766. The van der Waals surface area contributed by atoms with E-state index in [-0.39, 0.29) is 29.0 Å². The monoisotopic (exact) mass is 374 g/mol. The highest BCUT2D eigenvalue weighted by Gasteiger charge is 2.31. The largest absolute Gasteiger partial charge is 0.416 e. The predicted molar refractivity (Wildman–Crippen MR) is 95.0 cm³/mol. The first-order chi connectivity index (χ1) is 12.6. The molecule has 1 heterocycles. The SMILES string of the molecule is CC(C)C1=CC(=O)NC2=CC(=NC(=O)c3cccc(C(F)(F)F)c3)C=CC21. The Kier molecular flexibility index (Phi) is 4.87. The third-order valence-electron chi connectivity index (χ3n) is 4.36. The van der Waals surface area contributed by atoms with Crippen molar-refractivity contribution < 1.29 is 22.8 Å². The van der Waals surface area contributed by atoms with E-state index in [9.17, 15) is 22.8 Å². The normalized spacial score (nSPS) is 20.9. The van der Waals surface area contributed by atoms with Gasteiger partial charge in [-0.2, -0.15) is 13.2 Å². The van der Waals surface area contributed by atoms with Crippen molar-refractivity contribution in [3.63, 3.8) is 0 Å². The molecule has 0 radical (unpaired) electrons. The van der Waals surface area contributed by atoms with E-state index in [0.717, 1.165) is 17.7 Å². The fourth-order valence-electron chi connectivity index (χ4n) is 3.03. The van der Waals surface area contributed by atoms with E-state index in [4.69, 9.17) is 0 Å². The van der Waals surface area contributed by atoms with Crippen LogP contribution < -0.4 is 5.32 Å². The molecule has 0 aromatic heterocycles. The van der Waals surface area contributed by atoms with Gasteiger partial charge in [0, 0.05) is 23.3 Å². The fraction of sp³-hybridized carbons (Fsp3) is 0.250. The van der Waals surface area contributed by atoms with E-state index in [1.165, 1.54) is 12.1 Å². The Hall–Kier alpha value is -2.96. The minimum Gasteiger partial charge on any atom is -0.325 e. The molecule has 2 aliphatic rings. The van der Waals surface area contributed by atoms with Gasteiger partial charge in [-0.1, -0.05) is 26.0 Å². The zero-order chi connectivity index (χ0) is 19.8. The number of nitrogens with one attached hydrogen (secondary N) is 1. The molecule has 0 spiro atoms. The lowest BCUT2D eigenvalue weighted by atomic mass is 9.82. The van der Waals surface area contributed by atoms with Crippen molar-refractivity contribution in [3.8, 4) is 0 Å². The van der Waals surface area contributed by atoms with Crippen molar-refractivity contribution in [1.29, 1.82) is 0 Å². The number of alkyl halides is 3. The van der Waals surface area contributed by atoms with Gasteiger partial charge in [0.05, 0.1) is 11.3 Å². The molecule has 4 nitrogen and oxygen atoms in total. The number of amides is 2. The van der Waals surface area contributed by atoms with Crippen LogP contribution in [0.2, 0.25) is 0 Å². The van der Waals surface area contributed by atoms with Crippen LogP contribution in [0.3, 0.4) is 0 Å². The summed E-state index contributed by atoms with van der Waals surface area (Å²) < 4.78 is 38.4. The molecular formula is C20H17F3N2O2. The van der Waals surface area contributed by atoms with Crippen LogP contribution in [0.15, 0.2) is 64.8 Å². The summed E-state index contributed by atoms with van der Waals surface area (Å²) in [7, 11) is 0. The van der Waals surface area contributed by atoms with E-state index in [2.05, 4.69) is 10.3 Å². The van der Waals surface area contributed by atoms with Gasteiger partial charge in [0.15, 0.2) is 0 Å². The van der Waals surface area contributed by atoms with Crippen molar-refractivity contribution in [2.45, 2.75) is 20.0 Å². The Bertz CT molecular complexity index is 921. The van der Waals surface area contributed by atoms with Crippen LogP contribution in [0, 0.1) is 11.8 Å². The number of carbonyl (C=O) groups is 2. The molecule has 1 unspecified atom stereocenters. The Balaban J connectivity index is 1.88. The summed E-state index contributed by atoms with van der Waals surface area (Å²) >= 11 is 0. The second kappa shape index (κ2) is 6.98. The van der Waals surface area contributed by atoms with E-state index in [1.807, 2.05) is 19.9 Å². The standard InChI is InChI=1S/C20H17F3N2O2/c1-11(2)16-10-18(26)25-17-9-14(6-7-15(16)17)24-19(27)12-4-3-5-13(8-12)20(21,22)23/h3-11,15H,1-2H3,(H,25,26). The van der Waals surface area contributed by atoms with Gasteiger partial charge in [0.2, 0.25) is 5.91 Å². The maximum absolute atomic E-state index is 12.8. The first-order valence-corrected chi connectivity index (χ1v) is 8.37. The fourth-order valence-corrected chi connectivity index (χ4v) is 3.03. The lowest BCUT2D eigenvalue weighted by molar-refractivity contribution is -0.137. The van der Waals surface area contributed by atoms with E-state index in [0.29, 0.717) is 5.70 Å². The summed E-state index contributed by atoms with van der Waals surface area (Å²) in [6.45, 7) is 3.97. The summed E-state index contributed by atoms with van der Waals surface area (Å²) in [4.78, 5) is 28.0. The van der Waals surface area contributed by atoms with E-state index in [1.54, 1.807) is 18.2 Å². The predicted octanol–water partition coefficient (Wildman–Crippen LogP) is 4.07. The zero-order valence-electron chi connectivity index (χ0n) is 14.7. The number of hydrogen-bond acceptors (Lipinski definition) is 2. The second-order valence-electron chi connectivity index (χ2n) is 6.65. The third kappa shape index (κ3) is 4.07. The molecule has 140 valence electrons. The second-order valence-corrected chi connectivity index (χ2v) is 6.65. The number of carbonyl (C=O) groups excluding carboxylic acids is 2. The van der Waals surface area contributed by atoms with Gasteiger partial charge in [-0.05, 0) is 41.8 Å². The summed E-state index contributed by atoms with van der Waals surface area (Å²) in [6.07, 6.45) is 2.05. The molecule has 7 heteroatoms. The summed E-state index contributed by atoms with van der Waals surface area (Å²) in [6, 6.07) is 4.12. The molecule has 1 aromatic carbocycles. The Labute approximate surface area is 154 Å². The molecular weight excluding hydrogens is 357 g/mol. The maximum Gasteiger partial charge on any atom is 0.416 e. The molecule has 2 amide bonds. The van der Waals surface area contributed by atoms with Crippen LogP contribution >= 0.6 is 0 Å². The zero-order valence-corrected chi connectivity index (χ0v) is 14.7. The van der Waals surface area contributed by atoms with Crippen molar-refractivity contribution in [2.75, 3.05) is 0 Å². The number of halogens is 3. The lowest BCUT2D eigenvalue weighted by Gasteiger charge is -2.29. The Morgan fingerprint density at radius 2 is 1.96 bits per heavy atom. The van der Waals surface area contributed by atoms with Crippen LogP contribution in [0.25, 0.3) is 0 Å². The molecule has 27 heavy (non-hydrogen) atoms. The smallest absolute Gasteiger partial charge is 0.325 e. The number of fused-ring (bicyclic) bond motifs is 1. The first kappa shape index (κ1) is 18.8. The molecule has 1 aliphatic heterocycles. The maximum atomic E-state index is 12.8. The highest BCUT2D eigenvalue weighted by Crippen LogP contribution is 2.32. The third-order valence-corrected chi connectivity index (χ3v) is 4.36. The van der Waals surface area contributed by atoms with Crippen LogP contribution in [-0.2, 0) is 11.0 Å². The number of rotatable bonds is 2. The van der Waals surface area contributed by atoms with Gasteiger partial charge < -0.3 is 5.32 Å². The molecule has 1 aromatic rings. The molecule has 1 N–H and O–H groups in total. The average molecular weight is 374 g/mol. The van der Waals surface area contributed by atoms with Gasteiger partial charge in [-0.15, -0.1) is 0 Å². The highest BCUT2D eigenvalue weighted by molar-refractivity contribution is 6.14. The number of benzene rings is 1. The van der Waals surface area contributed by atoms with E-state index >= 15 is 0 Å². The molecule has 1 atom stereocenters. The summed E-state index contributed by atoms with van der Waals surface area (Å²) in [5, 5.41) is 2.73. The minimum absolute atomic E-state index is 0.106. The first-order valence-electron chi connectivity index (χ1n) is 8.37. The van der Waals surface area contributed by atoms with Gasteiger partial charge >= 0.3 is 6.18 Å². The molecule has 0 saturated carbocycles. The topological polar surface area (TPSA) is 58.5 Å². The average Bonchev–Trinajstić information content (AvgIpc) is 2.60. The van der Waals surface area contributed by atoms with Crippen molar-refractivity contribution in [3.05, 3.63) is 71.0 Å². The number of allylic oxidation sites excluding steroid dienone is 3. The number of hydrogen-bond donors (Lipinski definition) is 1. The van der Waals surface area contributed by atoms with Gasteiger partial charge in [-0.25, -0.2) is 4.99 Å². The lowest BCUT2D eigenvalue weighted by Crippen LogP contribution is -2.34. The van der Waals surface area contributed by atoms with Gasteiger partial charge in [0.25, 0.3) is 5.91 Å². The van der Waals surface area contributed by atoms with Crippen LogP contribution in [-0.4, -0.2) is 17.5 Å². The van der Waals surface area contributed by atoms with E-state index < -0.39 is 17.6 Å². The van der Waals surface area contributed by atoms with Gasteiger partial charge in [-0.3, -0.25) is 9.59 Å². The quantitative estimate of drug-likeness (QED) is 0.848. The highest BCUT2D eigenvalue weighted by atomic mass is 19.4. The van der Waals surface area contributed by atoms with Crippen LogP contribution in [0.4, 0.5) is 13.2 Å². The summed E-state index contributed by atoms with van der Waals surface area (Å²) in [5.74, 6) is -0.970. The van der Waals surface area contributed by atoms with Gasteiger partial charge in [0.1, 0.15) is 0 Å². The molecule has 3 rings (SSSR count). The Morgan fingerprint density at radius 1 is 1.22 bits per heavy atom. The molecule has 1 aliphatic carbocycles.